The van der Waals surface area contributed by atoms with Crippen molar-refractivity contribution in [1.82, 2.24) is 35.1 Å². The Morgan fingerprint density at radius 1 is 1.05 bits per heavy atom. The number of hydrogen-bond donors (Lipinski definition) is 3. The molecule has 1 saturated carbocycles. The highest BCUT2D eigenvalue weighted by Gasteiger charge is 2.25. The molecule has 0 unspecified atom stereocenters. The summed E-state index contributed by atoms with van der Waals surface area (Å²) in [6, 6.07) is 5.91. The van der Waals surface area contributed by atoms with Crippen molar-refractivity contribution in [2.75, 3.05) is 5.32 Å². The number of allylic oxidation sites excluding steroid dienone is 2. The van der Waals surface area contributed by atoms with Gasteiger partial charge in [0.05, 0.1) is 40.7 Å². The molecule has 10 heteroatoms. The third-order valence-corrected chi connectivity index (χ3v) is 8.12. The number of H-pyrrole nitrogens is 2. The van der Waals surface area contributed by atoms with Crippen LogP contribution in [0.15, 0.2) is 68.0 Å². The van der Waals surface area contributed by atoms with E-state index >= 15 is 4.39 Å². The molecule has 6 aromatic heterocycles. The van der Waals surface area contributed by atoms with Crippen molar-refractivity contribution in [3.05, 3.63) is 78.7 Å². The molecule has 1 aliphatic rings. The topological polar surface area (TPSA) is 108 Å². The van der Waals surface area contributed by atoms with Crippen molar-refractivity contribution < 1.29 is 4.39 Å². The van der Waals surface area contributed by atoms with E-state index in [1.165, 1.54) is 0 Å². The average Bonchev–Trinajstić information content (AvgIpc) is 3.32. The first-order valence-corrected chi connectivity index (χ1v) is 13.3. The van der Waals surface area contributed by atoms with E-state index in [1.807, 2.05) is 25.1 Å². The number of rotatable bonds is 7. The molecule has 0 aliphatic heterocycles. The summed E-state index contributed by atoms with van der Waals surface area (Å²) in [4.78, 5) is 23.3. The molecule has 8 nitrogen and oxygen atoms in total. The lowest BCUT2D eigenvalue weighted by Crippen LogP contribution is -2.01. The number of nitrogens with one attached hydrogen (secondary N) is 3. The number of hydrogen-bond acceptors (Lipinski definition) is 7. The third-order valence-electron chi connectivity index (χ3n) is 6.84. The summed E-state index contributed by atoms with van der Waals surface area (Å²) < 4.78 is 16.1. The lowest BCUT2D eigenvalue weighted by Gasteiger charge is -2.10. The van der Waals surface area contributed by atoms with Gasteiger partial charge in [0.15, 0.2) is 11.6 Å². The van der Waals surface area contributed by atoms with Gasteiger partial charge in [0.2, 0.25) is 0 Å². The first-order chi connectivity index (χ1) is 19.0. The van der Waals surface area contributed by atoms with Gasteiger partial charge in [0.1, 0.15) is 16.9 Å². The minimum absolute atomic E-state index is 0.183. The number of fused-ring (bicyclic) bond motifs is 2. The molecule has 0 atom stereocenters. The van der Waals surface area contributed by atoms with Gasteiger partial charge in [-0.15, -0.1) is 11.3 Å². The van der Waals surface area contributed by atoms with Crippen LogP contribution < -0.4 is 5.32 Å². The lowest BCUT2D eigenvalue weighted by molar-refractivity contribution is 0.638. The zero-order chi connectivity index (χ0) is 26.7. The minimum Gasteiger partial charge on any atom is -0.358 e. The van der Waals surface area contributed by atoms with Crippen molar-refractivity contribution >= 4 is 44.5 Å². The van der Waals surface area contributed by atoms with Crippen molar-refractivity contribution in [1.29, 1.82) is 0 Å². The number of aromatic amines is 2. The van der Waals surface area contributed by atoms with Crippen molar-refractivity contribution in [3.63, 3.8) is 0 Å². The van der Waals surface area contributed by atoms with Crippen LogP contribution >= 0.6 is 11.3 Å². The normalized spacial score (nSPS) is 13.3. The highest BCUT2D eigenvalue weighted by atomic mass is 32.1. The van der Waals surface area contributed by atoms with Crippen LogP contribution in [0.4, 0.5) is 10.1 Å². The smallest absolute Gasteiger partial charge is 0.161 e. The van der Waals surface area contributed by atoms with E-state index in [1.54, 1.807) is 42.3 Å². The molecule has 6 heterocycles. The molecular weight excluding hydrogens is 511 g/mol. The maximum atomic E-state index is 16.1. The quantitative estimate of drug-likeness (QED) is 0.200. The Hall–Kier alpha value is -4.70. The summed E-state index contributed by atoms with van der Waals surface area (Å²) in [7, 11) is 0. The van der Waals surface area contributed by atoms with E-state index < -0.39 is 5.82 Å². The van der Waals surface area contributed by atoms with Crippen LogP contribution in [-0.4, -0.2) is 35.1 Å². The SMILES string of the molecule is C=C(C)c1ccc(-c2cncc3[nH]c(-c4n[nH]c5cnc(-c6cncc(NC(=C)C7CC7)c6)c(F)c45)nc23)s1. The number of halogens is 1. The predicted molar refractivity (Wildman–Crippen MR) is 153 cm³/mol. The fraction of sp³-hybridized carbons (Fsp3) is 0.138. The molecule has 1 aliphatic carbocycles. The molecule has 0 amide bonds. The first-order valence-electron chi connectivity index (χ1n) is 12.5. The Kier molecular flexibility index (Phi) is 5.38. The summed E-state index contributed by atoms with van der Waals surface area (Å²) in [6.45, 7) is 10.1. The molecule has 192 valence electrons. The molecule has 7 rings (SSSR count). The Morgan fingerprint density at radius 3 is 2.69 bits per heavy atom. The molecule has 0 aromatic carbocycles. The number of thiophene rings is 1. The molecule has 0 radical (unpaired) electrons. The van der Waals surface area contributed by atoms with E-state index in [9.17, 15) is 0 Å². The van der Waals surface area contributed by atoms with Gasteiger partial charge in [0, 0.05) is 39.0 Å². The fourth-order valence-electron chi connectivity index (χ4n) is 4.64. The largest absolute Gasteiger partial charge is 0.358 e. The van der Waals surface area contributed by atoms with Crippen LogP contribution in [-0.2, 0) is 0 Å². The van der Waals surface area contributed by atoms with Gasteiger partial charge in [-0.1, -0.05) is 13.2 Å². The van der Waals surface area contributed by atoms with Crippen LogP contribution in [0.5, 0.6) is 0 Å². The summed E-state index contributed by atoms with van der Waals surface area (Å²) >= 11 is 1.63. The fourth-order valence-corrected chi connectivity index (χ4v) is 5.59. The van der Waals surface area contributed by atoms with Crippen LogP contribution in [0.25, 0.3) is 60.7 Å². The second-order valence-corrected chi connectivity index (χ2v) is 10.9. The Labute approximate surface area is 226 Å². The Bertz CT molecular complexity index is 1930. The molecule has 39 heavy (non-hydrogen) atoms. The predicted octanol–water partition coefficient (Wildman–Crippen LogP) is 7.19. The van der Waals surface area contributed by atoms with Crippen LogP contribution in [0, 0.1) is 11.7 Å². The molecule has 1 fully saturated rings. The number of pyridine rings is 3. The van der Waals surface area contributed by atoms with Gasteiger partial charge >= 0.3 is 0 Å². The van der Waals surface area contributed by atoms with E-state index in [4.69, 9.17) is 4.98 Å². The summed E-state index contributed by atoms with van der Waals surface area (Å²) in [5, 5.41) is 10.9. The molecule has 3 N–H and O–H groups in total. The second-order valence-electron chi connectivity index (χ2n) is 9.78. The monoisotopic (exact) mass is 534 g/mol. The highest BCUT2D eigenvalue weighted by Crippen LogP contribution is 2.38. The first kappa shape index (κ1) is 23.4. The second kappa shape index (κ2) is 8.95. The molecular formula is C29H23FN8S. The minimum atomic E-state index is -0.501. The number of aromatic nitrogens is 7. The van der Waals surface area contributed by atoms with Crippen molar-refractivity contribution in [2.24, 2.45) is 5.92 Å². The molecule has 6 aromatic rings. The van der Waals surface area contributed by atoms with Gasteiger partial charge in [-0.3, -0.25) is 20.1 Å². The van der Waals surface area contributed by atoms with E-state index in [0.717, 1.165) is 56.2 Å². The number of anilines is 1. The average molecular weight is 535 g/mol. The van der Waals surface area contributed by atoms with Gasteiger partial charge in [-0.25, -0.2) is 9.37 Å². The van der Waals surface area contributed by atoms with Gasteiger partial charge < -0.3 is 10.3 Å². The van der Waals surface area contributed by atoms with E-state index in [2.05, 4.69) is 48.6 Å². The van der Waals surface area contributed by atoms with Crippen LogP contribution in [0.1, 0.15) is 24.6 Å². The summed E-state index contributed by atoms with van der Waals surface area (Å²) in [6.07, 6.45) is 10.6. The highest BCUT2D eigenvalue weighted by molar-refractivity contribution is 7.16. The van der Waals surface area contributed by atoms with Crippen molar-refractivity contribution in [2.45, 2.75) is 19.8 Å². The maximum Gasteiger partial charge on any atom is 0.161 e. The van der Waals surface area contributed by atoms with Gasteiger partial charge in [-0.05, 0) is 49.5 Å². The lowest BCUT2D eigenvalue weighted by atomic mass is 10.1. The number of imidazole rings is 1. The maximum absolute atomic E-state index is 16.1. The Balaban J connectivity index is 1.30. The number of nitrogens with zero attached hydrogens (tertiary/aromatic N) is 5. The van der Waals surface area contributed by atoms with Crippen LogP contribution in [0.3, 0.4) is 0 Å². The zero-order valence-electron chi connectivity index (χ0n) is 21.0. The summed E-state index contributed by atoms with van der Waals surface area (Å²) in [5.41, 5.74) is 6.63. The van der Waals surface area contributed by atoms with Crippen LogP contribution in [0.2, 0.25) is 0 Å². The standard InChI is InChI=1S/C29H23FN8S/c1-14(2)22-6-7-23(39-22)19-11-32-12-21-27(19)36-29(35-21)28-24-20(37-38-28)13-33-26(25(24)30)17-8-18(10-31-9-17)34-15(3)16-4-5-16/h6-13,16,34H,1,3-5H2,2H3,(H,35,36)(H,37,38). The summed E-state index contributed by atoms with van der Waals surface area (Å²) in [5.74, 6) is 0.424. The van der Waals surface area contributed by atoms with Crippen molar-refractivity contribution in [3.8, 4) is 33.2 Å². The molecule has 0 bridgehead atoms. The van der Waals surface area contributed by atoms with E-state index in [0.29, 0.717) is 33.9 Å². The third kappa shape index (κ3) is 4.09. The molecule has 0 spiro atoms. The van der Waals surface area contributed by atoms with Gasteiger partial charge in [-0.2, -0.15) is 5.10 Å². The molecule has 0 saturated heterocycles. The Morgan fingerprint density at radius 2 is 1.90 bits per heavy atom. The van der Waals surface area contributed by atoms with Gasteiger partial charge in [0.25, 0.3) is 0 Å². The zero-order valence-corrected chi connectivity index (χ0v) is 21.9. The van der Waals surface area contributed by atoms with E-state index in [-0.39, 0.29) is 5.69 Å².